The number of aromatic nitrogens is 4. The minimum Gasteiger partial charge on any atom is -0.493 e. The molecule has 156 valence electrons. The van der Waals surface area contributed by atoms with Crippen molar-refractivity contribution in [2.45, 2.75) is 18.3 Å². The first-order valence-corrected chi connectivity index (χ1v) is 9.75. The van der Waals surface area contributed by atoms with Crippen molar-refractivity contribution in [2.75, 3.05) is 19.4 Å². The Morgan fingerprint density at radius 1 is 1.14 bits per heavy atom. The van der Waals surface area contributed by atoms with Gasteiger partial charge < -0.3 is 14.8 Å². The first kappa shape index (κ1) is 22.9. The van der Waals surface area contributed by atoms with E-state index in [4.69, 9.17) is 9.47 Å². The highest BCUT2D eigenvalue weighted by molar-refractivity contribution is 7.99. The zero-order valence-electron chi connectivity index (χ0n) is 16.2. The summed E-state index contributed by atoms with van der Waals surface area (Å²) in [5, 5.41) is 15.5. The molecular formula is C19H23ClFN5O2S. The fraction of sp³-hybridized carbons (Fsp3) is 0.316. The van der Waals surface area contributed by atoms with Crippen molar-refractivity contribution < 1.29 is 13.9 Å². The Bertz CT molecular complexity index is 912. The number of ether oxygens (including phenoxy) is 2. The van der Waals surface area contributed by atoms with Crippen LogP contribution in [-0.2, 0) is 20.2 Å². The molecule has 29 heavy (non-hydrogen) atoms. The first-order valence-electron chi connectivity index (χ1n) is 8.77. The van der Waals surface area contributed by atoms with Crippen LogP contribution in [0.1, 0.15) is 11.1 Å². The molecule has 3 aromatic rings. The number of halogens is 2. The van der Waals surface area contributed by atoms with Gasteiger partial charge >= 0.3 is 0 Å². The van der Waals surface area contributed by atoms with Crippen LogP contribution in [0.5, 0.6) is 11.5 Å². The van der Waals surface area contributed by atoms with Crippen LogP contribution in [0, 0.1) is 5.82 Å². The molecule has 0 fully saturated rings. The Morgan fingerprint density at radius 3 is 2.66 bits per heavy atom. The van der Waals surface area contributed by atoms with E-state index in [0.717, 1.165) is 23.0 Å². The third-order valence-electron chi connectivity index (χ3n) is 4.02. The smallest absolute Gasteiger partial charge is 0.209 e. The molecule has 0 spiro atoms. The molecule has 0 aliphatic heterocycles. The summed E-state index contributed by atoms with van der Waals surface area (Å²) < 4.78 is 26.8. The Morgan fingerprint density at radius 2 is 1.93 bits per heavy atom. The minimum atomic E-state index is -0.285. The molecule has 7 nitrogen and oxygen atoms in total. The molecule has 0 saturated heterocycles. The van der Waals surface area contributed by atoms with E-state index in [0.29, 0.717) is 23.6 Å². The van der Waals surface area contributed by atoms with E-state index in [-0.39, 0.29) is 24.8 Å². The van der Waals surface area contributed by atoms with Gasteiger partial charge in [0, 0.05) is 37.0 Å². The Kier molecular flexibility index (Phi) is 9.17. The fourth-order valence-corrected chi connectivity index (χ4v) is 3.32. The van der Waals surface area contributed by atoms with Gasteiger partial charge in [-0.15, -0.1) is 17.5 Å². The maximum Gasteiger partial charge on any atom is 0.209 e. The fourth-order valence-electron chi connectivity index (χ4n) is 2.57. The zero-order chi connectivity index (χ0) is 19.8. The quantitative estimate of drug-likeness (QED) is 0.384. The molecular weight excluding hydrogens is 417 g/mol. The van der Waals surface area contributed by atoms with Crippen LogP contribution in [-0.4, -0.2) is 39.6 Å². The van der Waals surface area contributed by atoms with E-state index in [9.17, 15) is 4.39 Å². The van der Waals surface area contributed by atoms with Crippen molar-refractivity contribution in [3.05, 3.63) is 59.4 Å². The van der Waals surface area contributed by atoms with E-state index in [1.54, 1.807) is 41.8 Å². The second-order valence-electron chi connectivity index (χ2n) is 5.94. The summed E-state index contributed by atoms with van der Waals surface area (Å²) in [6.45, 7) is 1.50. The molecule has 0 saturated carbocycles. The van der Waals surface area contributed by atoms with Gasteiger partial charge in [-0.1, -0.05) is 42.1 Å². The lowest BCUT2D eigenvalue weighted by molar-refractivity contribution is 0.276. The first-order chi connectivity index (χ1) is 13.7. The van der Waals surface area contributed by atoms with Crippen LogP contribution in [0.15, 0.2) is 47.6 Å². The number of methoxy groups -OCH3 is 1. The predicted octanol–water partition coefficient (Wildman–Crippen LogP) is 3.24. The molecule has 2 aromatic carbocycles. The topological polar surface area (TPSA) is 74.1 Å². The van der Waals surface area contributed by atoms with E-state index in [2.05, 4.69) is 20.8 Å². The maximum absolute atomic E-state index is 13.9. The van der Waals surface area contributed by atoms with Gasteiger partial charge in [-0.3, -0.25) is 0 Å². The lowest BCUT2D eigenvalue weighted by Gasteiger charge is -2.16. The SMILES string of the molecule is COc1cccc(CNCCSc2nnnn2C)c1OCc1ccccc1F.Cl. The Balaban J connectivity index is 0.00000300. The molecule has 1 N–H and O–H groups in total. The van der Waals surface area contributed by atoms with E-state index in [1.165, 1.54) is 6.07 Å². The van der Waals surface area contributed by atoms with E-state index >= 15 is 0 Å². The highest BCUT2D eigenvalue weighted by Gasteiger charge is 2.12. The van der Waals surface area contributed by atoms with Crippen LogP contribution in [0.3, 0.4) is 0 Å². The summed E-state index contributed by atoms with van der Waals surface area (Å²) in [6, 6.07) is 12.3. The van der Waals surface area contributed by atoms with Crippen molar-refractivity contribution in [2.24, 2.45) is 7.05 Å². The van der Waals surface area contributed by atoms with Gasteiger partial charge in [0.05, 0.1) is 7.11 Å². The average molecular weight is 440 g/mol. The summed E-state index contributed by atoms with van der Waals surface area (Å²) in [6.07, 6.45) is 0. The van der Waals surface area contributed by atoms with E-state index < -0.39 is 0 Å². The summed E-state index contributed by atoms with van der Waals surface area (Å²) in [4.78, 5) is 0. The predicted molar refractivity (Wildman–Crippen MR) is 112 cm³/mol. The van der Waals surface area contributed by atoms with Gasteiger partial charge in [-0.25, -0.2) is 9.07 Å². The number of aryl methyl sites for hydroxylation is 1. The van der Waals surface area contributed by atoms with Crippen LogP contribution in [0.2, 0.25) is 0 Å². The Labute approximate surface area is 179 Å². The van der Waals surface area contributed by atoms with Crippen molar-refractivity contribution in [3.63, 3.8) is 0 Å². The van der Waals surface area contributed by atoms with Gasteiger partial charge in [0.15, 0.2) is 11.5 Å². The molecule has 0 unspecified atom stereocenters. The van der Waals surface area contributed by atoms with Crippen molar-refractivity contribution >= 4 is 24.2 Å². The molecule has 3 rings (SSSR count). The summed E-state index contributed by atoms with van der Waals surface area (Å²) >= 11 is 1.58. The lowest BCUT2D eigenvalue weighted by atomic mass is 10.1. The number of hydrogen-bond donors (Lipinski definition) is 1. The number of nitrogens with one attached hydrogen (secondary N) is 1. The van der Waals surface area contributed by atoms with Crippen molar-refractivity contribution in [1.29, 1.82) is 0 Å². The minimum absolute atomic E-state index is 0. The van der Waals surface area contributed by atoms with Gasteiger partial charge in [-0.05, 0) is 22.6 Å². The molecule has 0 bridgehead atoms. The molecule has 1 heterocycles. The second-order valence-corrected chi connectivity index (χ2v) is 7.00. The number of thioether (sulfide) groups is 1. The third-order valence-corrected chi connectivity index (χ3v) is 5.03. The molecule has 0 atom stereocenters. The number of hydrogen-bond acceptors (Lipinski definition) is 7. The molecule has 0 radical (unpaired) electrons. The van der Waals surface area contributed by atoms with Crippen LogP contribution >= 0.6 is 24.2 Å². The average Bonchev–Trinajstić information content (AvgIpc) is 3.12. The molecule has 0 amide bonds. The monoisotopic (exact) mass is 439 g/mol. The lowest BCUT2D eigenvalue weighted by Crippen LogP contribution is -2.17. The largest absolute Gasteiger partial charge is 0.493 e. The van der Waals surface area contributed by atoms with Gasteiger partial charge in [-0.2, -0.15) is 0 Å². The summed E-state index contributed by atoms with van der Waals surface area (Å²) in [5.74, 6) is 1.78. The van der Waals surface area contributed by atoms with Crippen LogP contribution in [0.25, 0.3) is 0 Å². The van der Waals surface area contributed by atoms with Gasteiger partial charge in [0.1, 0.15) is 12.4 Å². The van der Waals surface area contributed by atoms with Crippen molar-refractivity contribution in [1.82, 2.24) is 25.5 Å². The third kappa shape index (κ3) is 6.31. The number of para-hydroxylation sites is 1. The van der Waals surface area contributed by atoms with E-state index in [1.807, 2.05) is 25.2 Å². The number of nitrogens with zero attached hydrogens (tertiary/aromatic N) is 4. The number of tetrazole rings is 1. The second kappa shape index (κ2) is 11.6. The van der Waals surface area contributed by atoms with Gasteiger partial charge in [0.2, 0.25) is 5.16 Å². The summed E-state index contributed by atoms with van der Waals surface area (Å²) in [7, 11) is 3.40. The number of benzene rings is 2. The zero-order valence-corrected chi connectivity index (χ0v) is 17.8. The number of rotatable bonds is 10. The van der Waals surface area contributed by atoms with Crippen molar-refractivity contribution in [3.8, 4) is 11.5 Å². The van der Waals surface area contributed by atoms with Crippen LogP contribution < -0.4 is 14.8 Å². The normalized spacial score (nSPS) is 10.4. The molecule has 1 aromatic heterocycles. The molecule has 10 heteroatoms. The molecule has 0 aliphatic rings. The molecule has 0 aliphatic carbocycles. The van der Waals surface area contributed by atoms with Gasteiger partial charge in [0.25, 0.3) is 0 Å². The Hall–Kier alpha value is -2.36. The van der Waals surface area contributed by atoms with Crippen LogP contribution in [0.4, 0.5) is 4.39 Å². The highest BCUT2D eigenvalue weighted by Crippen LogP contribution is 2.32. The standard InChI is InChI=1S/C19H22FN5O2S.ClH/c1-25-19(22-23-24-25)28-11-10-21-12-14-7-5-9-17(26-2)18(14)27-13-15-6-3-4-8-16(15)20;/h3-9,21H,10-13H2,1-2H3;1H. The maximum atomic E-state index is 13.9. The highest BCUT2D eigenvalue weighted by atomic mass is 35.5. The summed E-state index contributed by atoms with van der Waals surface area (Å²) in [5.41, 5.74) is 1.45.